The number of pyridine rings is 1. The lowest BCUT2D eigenvalue weighted by molar-refractivity contribution is 0.326. The third-order valence-electron chi connectivity index (χ3n) is 2.28. The number of hydrogen-bond acceptors (Lipinski definition) is 3. The van der Waals surface area contributed by atoms with Crippen molar-refractivity contribution in [1.82, 2.24) is 14.5 Å². The maximum atomic E-state index is 5.37. The summed E-state index contributed by atoms with van der Waals surface area (Å²) in [6, 6.07) is 5.74. The smallest absolute Gasteiger partial charge is 0.215 e. The summed E-state index contributed by atoms with van der Waals surface area (Å²) in [5, 5.41) is 0. The molecule has 4 heteroatoms. The van der Waals surface area contributed by atoms with Gasteiger partial charge in [0.2, 0.25) is 5.88 Å². The van der Waals surface area contributed by atoms with Crippen molar-refractivity contribution in [3.05, 3.63) is 36.4 Å². The maximum Gasteiger partial charge on any atom is 0.215 e. The first kappa shape index (κ1) is 10.7. The highest BCUT2D eigenvalue weighted by atomic mass is 16.5. The van der Waals surface area contributed by atoms with Gasteiger partial charge < -0.3 is 4.74 Å². The van der Waals surface area contributed by atoms with E-state index in [9.17, 15) is 0 Å². The first-order valence-corrected chi connectivity index (χ1v) is 5.47. The molecule has 0 atom stereocenters. The molecule has 0 aliphatic rings. The monoisotopic (exact) mass is 217 g/mol. The average Bonchev–Trinajstić information content (AvgIpc) is 2.78. The van der Waals surface area contributed by atoms with E-state index in [0.717, 1.165) is 18.1 Å². The molecule has 0 aliphatic heterocycles. The van der Waals surface area contributed by atoms with Gasteiger partial charge in [-0.1, -0.05) is 13.0 Å². The van der Waals surface area contributed by atoms with Crippen molar-refractivity contribution < 1.29 is 4.74 Å². The minimum Gasteiger partial charge on any atom is -0.478 e. The van der Waals surface area contributed by atoms with Crippen LogP contribution in [0.5, 0.6) is 5.88 Å². The second-order valence-electron chi connectivity index (χ2n) is 3.33. The van der Waals surface area contributed by atoms with E-state index in [1.165, 1.54) is 0 Å². The Labute approximate surface area is 94.9 Å². The fraction of sp³-hybridized carbons (Fsp3) is 0.333. The largest absolute Gasteiger partial charge is 0.478 e. The fourth-order valence-electron chi connectivity index (χ4n) is 1.57. The highest BCUT2D eigenvalue weighted by molar-refractivity contribution is 5.28. The first-order valence-electron chi connectivity index (χ1n) is 5.47. The van der Waals surface area contributed by atoms with Gasteiger partial charge in [-0.05, 0) is 13.0 Å². The van der Waals surface area contributed by atoms with Gasteiger partial charge in [0.05, 0.1) is 6.61 Å². The molecule has 0 bridgehead atoms. The Balaban J connectivity index is 2.36. The Morgan fingerprint density at radius 1 is 1.31 bits per heavy atom. The molecule has 2 heterocycles. The summed E-state index contributed by atoms with van der Waals surface area (Å²) in [5.41, 5.74) is 0. The lowest BCUT2D eigenvalue weighted by Crippen LogP contribution is -2.03. The molecule has 2 rings (SSSR count). The van der Waals surface area contributed by atoms with E-state index in [2.05, 4.69) is 16.9 Å². The molecule has 84 valence electrons. The maximum absolute atomic E-state index is 5.37. The van der Waals surface area contributed by atoms with Crippen molar-refractivity contribution in [1.29, 1.82) is 0 Å². The zero-order valence-electron chi connectivity index (χ0n) is 9.55. The van der Waals surface area contributed by atoms with Crippen LogP contribution in [0.4, 0.5) is 0 Å². The third-order valence-corrected chi connectivity index (χ3v) is 2.28. The SMILES string of the molecule is CCOc1cccc(-n2ccnc2CC)n1. The molecule has 0 spiro atoms. The predicted octanol–water partition coefficient (Wildman–Crippen LogP) is 2.23. The Hall–Kier alpha value is -1.84. The average molecular weight is 217 g/mol. The summed E-state index contributed by atoms with van der Waals surface area (Å²) in [6.45, 7) is 4.65. The number of ether oxygens (including phenoxy) is 1. The molecule has 16 heavy (non-hydrogen) atoms. The standard InChI is InChI=1S/C12H15N3O/c1-3-10-13-8-9-15(10)11-6-5-7-12(14-11)16-4-2/h5-9H,3-4H2,1-2H3. The third kappa shape index (κ3) is 2.05. The van der Waals surface area contributed by atoms with Crippen molar-refractivity contribution in [3.8, 4) is 11.7 Å². The zero-order chi connectivity index (χ0) is 11.4. The van der Waals surface area contributed by atoms with Crippen LogP contribution < -0.4 is 4.74 Å². The van der Waals surface area contributed by atoms with Crippen LogP contribution in [0, 0.1) is 0 Å². The lowest BCUT2D eigenvalue weighted by Gasteiger charge is -2.07. The molecule has 0 radical (unpaired) electrons. The number of hydrogen-bond donors (Lipinski definition) is 0. The summed E-state index contributed by atoms with van der Waals surface area (Å²) < 4.78 is 7.35. The summed E-state index contributed by atoms with van der Waals surface area (Å²) >= 11 is 0. The van der Waals surface area contributed by atoms with Crippen molar-refractivity contribution >= 4 is 0 Å². The number of imidazole rings is 1. The Bertz CT molecular complexity index is 465. The van der Waals surface area contributed by atoms with Crippen LogP contribution in [-0.4, -0.2) is 21.1 Å². The van der Waals surface area contributed by atoms with Gasteiger partial charge in [-0.2, -0.15) is 4.98 Å². The summed E-state index contributed by atoms with van der Waals surface area (Å²) in [5.74, 6) is 2.50. The highest BCUT2D eigenvalue weighted by Gasteiger charge is 2.04. The number of nitrogens with zero attached hydrogens (tertiary/aromatic N) is 3. The van der Waals surface area contributed by atoms with Crippen LogP contribution in [0.2, 0.25) is 0 Å². The van der Waals surface area contributed by atoms with Crippen LogP contribution in [-0.2, 0) is 6.42 Å². The Morgan fingerprint density at radius 2 is 2.19 bits per heavy atom. The highest BCUT2D eigenvalue weighted by Crippen LogP contribution is 2.13. The molecule has 2 aromatic rings. The van der Waals surface area contributed by atoms with Gasteiger partial charge in [0, 0.05) is 24.9 Å². The predicted molar refractivity (Wildman–Crippen MR) is 61.9 cm³/mol. The van der Waals surface area contributed by atoms with E-state index < -0.39 is 0 Å². The van der Waals surface area contributed by atoms with Crippen molar-refractivity contribution in [2.75, 3.05) is 6.61 Å². The van der Waals surface area contributed by atoms with E-state index in [1.807, 2.05) is 35.9 Å². The minimum absolute atomic E-state index is 0.626. The van der Waals surface area contributed by atoms with Crippen LogP contribution in [0.25, 0.3) is 5.82 Å². The molecular formula is C12H15N3O. The van der Waals surface area contributed by atoms with Gasteiger partial charge in [0.25, 0.3) is 0 Å². The molecule has 0 aliphatic carbocycles. The van der Waals surface area contributed by atoms with Gasteiger partial charge in [-0.25, -0.2) is 4.98 Å². The van der Waals surface area contributed by atoms with E-state index in [4.69, 9.17) is 4.74 Å². The lowest BCUT2D eigenvalue weighted by atomic mass is 10.4. The molecule has 0 fully saturated rings. The van der Waals surface area contributed by atoms with Gasteiger partial charge in [0.15, 0.2) is 0 Å². The van der Waals surface area contributed by atoms with Gasteiger partial charge in [-0.15, -0.1) is 0 Å². The molecule has 2 aromatic heterocycles. The first-order chi connectivity index (χ1) is 7.85. The molecule has 0 unspecified atom stereocenters. The molecule has 0 amide bonds. The summed E-state index contributed by atoms with van der Waals surface area (Å²) in [7, 11) is 0. The quantitative estimate of drug-likeness (QED) is 0.788. The Kier molecular flexibility index (Phi) is 3.19. The van der Waals surface area contributed by atoms with Crippen LogP contribution in [0.3, 0.4) is 0 Å². The number of rotatable bonds is 4. The normalized spacial score (nSPS) is 10.4. The molecular weight excluding hydrogens is 202 g/mol. The van der Waals surface area contributed by atoms with Crippen molar-refractivity contribution in [2.24, 2.45) is 0 Å². The summed E-state index contributed by atoms with van der Waals surface area (Å²) in [4.78, 5) is 8.68. The number of aryl methyl sites for hydroxylation is 1. The fourth-order valence-corrected chi connectivity index (χ4v) is 1.57. The van der Waals surface area contributed by atoms with Crippen LogP contribution >= 0.6 is 0 Å². The molecule has 0 aromatic carbocycles. The zero-order valence-corrected chi connectivity index (χ0v) is 9.55. The molecule has 0 saturated carbocycles. The van der Waals surface area contributed by atoms with Gasteiger partial charge in [0.1, 0.15) is 11.6 Å². The minimum atomic E-state index is 0.626. The second kappa shape index (κ2) is 4.79. The van der Waals surface area contributed by atoms with Gasteiger partial charge >= 0.3 is 0 Å². The van der Waals surface area contributed by atoms with E-state index in [1.54, 1.807) is 6.20 Å². The molecule has 0 saturated heterocycles. The second-order valence-corrected chi connectivity index (χ2v) is 3.33. The Morgan fingerprint density at radius 3 is 2.94 bits per heavy atom. The summed E-state index contributed by atoms with van der Waals surface area (Å²) in [6.07, 6.45) is 4.58. The number of aromatic nitrogens is 3. The van der Waals surface area contributed by atoms with Crippen molar-refractivity contribution in [2.45, 2.75) is 20.3 Å². The van der Waals surface area contributed by atoms with E-state index >= 15 is 0 Å². The van der Waals surface area contributed by atoms with Gasteiger partial charge in [-0.3, -0.25) is 4.57 Å². The van der Waals surface area contributed by atoms with Crippen molar-refractivity contribution in [3.63, 3.8) is 0 Å². The van der Waals surface area contributed by atoms with Crippen LogP contribution in [0.1, 0.15) is 19.7 Å². The van der Waals surface area contributed by atoms with E-state index in [0.29, 0.717) is 12.5 Å². The van der Waals surface area contributed by atoms with Crippen LogP contribution in [0.15, 0.2) is 30.6 Å². The van der Waals surface area contributed by atoms with E-state index in [-0.39, 0.29) is 0 Å². The molecule has 4 nitrogen and oxygen atoms in total. The topological polar surface area (TPSA) is 39.9 Å². The molecule has 0 N–H and O–H groups in total.